The first-order valence-corrected chi connectivity index (χ1v) is 6.00. The second-order valence-electron chi connectivity index (χ2n) is 4.18. The van der Waals surface area contributed by atoms with Crippen LogP contribution in [0.2, 0.25) is 0 Å². The van der Waals surface area contributed by atoms with Crippen LogP contribution in [0.4, 0.5) is 14.9 Å². The molecule has 0 aliphatic heterocycles. The van der Waals surface area contributed by atoms with Crippen LogP contribution in [-0.2, 0) is 9.53 Å². The van der Waals surface area contributed by atoms with Crippen molar-refractivity contribution in [2.45, 2.75) is 19.4 Å². The molecule has 0 radical (unpaired) electrons. The van der Waals surface area contributed by atoms with Crippen LogP contribution >= 0.6 is 0 Å². The molecule has 1 atom stereocenters. The van der Waals surface area contributed by atoms with Crippen LogP contribution in [0.15, 0.2) is 18.2 Å². The number of carboxylic acids is 1. The van der Waals surface area contributed by atoms with Gasteiger partial charge in [0, 0.05) is 31.4 Å². The Morgan fingerprint density at radius 3 is 2.75 bits per heavy atom. The van der Waals surface area contributed by atoms with Gasteiger partial charge >= 0.3 is 12.0 Å². The molecule has 1 unspecified atom stereocenters. The van der Waals surface area contributed by atoms with E-state index in [0.717, 1.165) is 0 Å². The van der Waals surface area contributed by atoms with E-state index in [2.05, 4.69) is 10.6 Å². The number of rotatable bonds is 6. The summed E-state index contributed by atoms with van der Waals surface area (Å²) >= 11 is 0. The van der Waals surface area contributed by atoms with Crippen molar-refractivity contribution in [2.75, 3.05) is 19.0 Å². The molecule has 1 aromatic rings. The molecule has 0 heterocycles. The number of benzene rings is 1. The SMILES string of the molecule is COCCC(NC(=O)Nc1cccc(F)c1C)C(=O)O. The van der Waals surface area contributed by atoms with Crippen molar-refractivity contribution in [3.63, 3.8) is 0 Å². The minimum Gasteiger partial charge on any atom is -0.480 e. The monoisotopic (exact) mass is 284 g/mol. The van der Waals surface area contributed by atoms with E-state index in [1.54, 1.807) is 0 Å². The molecular formula is C13H17FN2O4. The van der Waals surface area contributed by atoms with Gasteiger partial charge in [0.25, 0.3) is 0 Å². The Kier molecular flexibility index (Phi) is 5.92. The zero-order valence-electron chi connectivity index (χ0n) is 11.3. The zero-order chi connectivity index (χ0) is 15.1. The number of amides is 2. The van der Waals surface area contributed by atoms with Gasteiger partial charge in [-0.1, -0.05) is 6.07 Å². The summed E-state index contributed by atoms with van der Waals surface area (Å²) in [5, 5.41) is 13.7. The quantitative estimate of drug-likeness (QED) is 0.742. The van der Waals surface area contributed by atoms with Gasteiger partial charge in [-0.2, -0.15) is 0 Å². The zero-order valence-corrected chi connectivity index (χ0v) is 11.3. The summed E-state index contributed by atoms with van der Waals surface area (Å²) in [5.74, 6) is -1.61. The minimum atomic E-state index is -1.16. The number of anilines is 1. The number of methoxy groups -OCH3 is 1. The van der Waals surface area contributed by atoms with E-state index in [1.807, 2.05) is 0 Å². The molecule has 0 aliphatic rings. The summed E-state index contributed by atoms with van der Waals surface area (Å²) in [6.07, 6.45) is 0.140. The molecule has 6 nitrogen and oxygen atoms in total. The fraction of sp³-hybridized carbons (Fsp3) is 0.385. The van der Waals surface area contributed by atoms with Crippen LogP contribution in [0.25, 0.3) is 0 Å². The molecule has 0 fully saturated rings. The first kappa shape index (κ1) is 15.9. The smallest absolute Gasteiger partial charge is 0.326 e. The van der Waals surface area contributed by atoms with E-state index in [-0.39, 0.29) is 18.6 Å². The predicted molar refractivity (Wildman–Crippen MR) is 71.2 cm³/mol. The van der Waals surface area contributed by atoms with Crippen LogP contribution < -0.4 is 10.6 Å². The highest BCUT2D eigenvalue weighted by Gasteiger charge is 2.19. The number of carbonyl (C=O) groups is 2. The Bertz CT molecular complexity index is 493. The highest BCUT2D eigenvalue weighted by atomic mass is 19.1. The van der Waals surface area contributed by atoms with Gasteiger partial charge in [-0.25, -0.2) is 14.0 Å². The lowest BCUT2D eigenvalue weighted by atomic mass is 10.2. The first-order valence-electron chi connectivity index (χ1n) is 6.00. The molecule has 1 rings (SSSR count). The maximum atomic E-state index is 13.3. The summed E-state index contributed by atoms with van der Waals surface area (Å²) in [5.41, 5.74) is 0.574. The van der Waals surface area contributed by atoms with Crippen LogP contribution in [0, 0.1) is 12.7 Å². The average molecular weight is 284 g/mol. The van der Waals surface area contributed by atoms with Crippen LogP contribution in [0.1, 0.15) is 12.0 Å². The number of carbonyl (C=O) groups excluding carboxylic acids is 1. The molecule has 2 amide bonds. The third-order valence-corrected chi connectivity index (χ3v) is 2.73. The van der Waals surface area contributed by atoms with Gasteiger partial charge in [-0.3, -0.25) is 0 Å². The maximum absolute atomic E-state index is 13.3. The Hall–Kier alpha value is -2.15. The topological polar surface area (TPSA) is 87.7 Å². The van der Waals surface area contributed by atoms with Crippen molar-refractivity contribution in [1.82, 2.24) is 5.32 Å². The normalized spacial score (nSPS) is 11.8. The van der Waals surface area contributed by atoms with Crippen molar-refractivity contribution in [1.29, 1.82) is 0 Å². The van der Waals surface area contributed by atoms with Gasteiger partial charge in [-0.05, 0) is 19.1 Å². The Morgan fingerprint density at radius 1 is 1.45 bits per heavy atom. The molecule has 20 heavy (non-hydrogen) atoms. The molecular weight excluding hydrogens is 267 g/mol. The molecule has 0 spiro atoms. The van der Waals surface area contributed by atoms with Crippen molar-refractivity contribution < 1.29 is 23.8 Å². The van der Waals surface area contributed by atoms with Crippen molar-refractivity contribution in [3.05, 3.63) is 29.6 Å². The third kappa shape index (κ3) is 4.51. The van der Waals surface area contributed by atoms with Gasteiger partial charge in [0.05, 0.1) is 0 Å². The van der Waals surface area contributed by atoms with Crippen LogP contribution in [0.5, 0.6) is 0 Å². The number of nitrogens with one attached hydrogen (secondary N) is 2. The van der Waals surface area contributed by atoms with Gasteiger partial charge in [0.1, 0.15) is 11.9 Å². The Labute approximate surface area is 115 Å². The summed E-state index contributed by atoms with van der Waals surface area (Å²) in [6.45, 7) is 1.72. The minimum absolute atomic E-state index is 0.140. The van der Waals surface area contributed by atoms with Gasteiger partial charge in [-0.15, -0.1) is 0 Å². The fourth-order valence-electron chi connectivity index (χ4n) is 1.55. The molecule has 0 bridgehead atoms. The Morgan fingerprint density at radius 2 is 2.15 bits per heavy atom. The average Bonchev–Trinajstić information content (AvgIpc) is 2.39. The van der Waals surface area contributed by atoms with Crippen LogP contribution in [-0.4, -0.2) is 36.9 Å². The second-order valence-corrected chi connectivity index (χ2v) is 4.18. The van der Waals surface area contributed by atoms with E-state index >= 15 is 0 Å². The lowest BCUT2D eigenvalue weighted by Gasteiger charge is -2.15. The third-order valence-electron chi connectivity index (χ3n) is 2.73. The van der Waals surface area contributed by atoms with Crippen LogP contribution in [0.3, 0.4) is 0 Å². The number of halogens is 1. The highest BCUT2D eigenvalue weighted by molar-refractivity contribution is 5.92. The fourth-order valence-corrected chi connectivity index (χ4v) is 1.55. The lowest BCUT2D eigenvalue weighted by molar-refractivity contribution is -0.139. The molecule has 0 aromatic heterocycles. The number of hydrogen-bond donors (Lipinski definition) is 3. The number of urea groups is 1. The second kappa shape index (κ2) is 7.44. The summed E-state index contributed by atoms with van der Waals surface area (Å²) < 4.78 is 18.1. The van der Waals surface area contributed by atoms with E-state index in [9.17, 15) is 14.0 Å². The lowest BCUT2D eigenvalue weighted by Crippen LogP contribution is -2.43. The van der Waals surface area contributed by atoms with Gasteiger partial charge < -0.3 is 20.5 Å². The summed E-state index contributed by atoms with van der Waals surface area (Å²) in [4.78, 5) is 22.7. The maximum Gasteiger partial charge on any atom is 0.326 e. The van der Waals surface area contributed by atoms with E-state index < -0.39 is 23.9 Å². The predicted octanol–water partition coefficient (Wildman–Crippen LogP) is 1.75. The van der Waals surface area contributed by atoms with Crippen molar-refractivity contribution >= 4 is 17.7 Å². The number of hydrogen-bond acceptors (Lipinski definition) is 3. The highest BCUT2D eigenvalue weighted by Crippen LogP contribution is 2.17. The molecule has 110 valence electrons. The first-order chi connectivity index (χ1) is 9.45. The molecule has 0 aliphatic carbocycles. The van der Waals surface area contributed by atoms with Crippen molar-refractivity contribution in [3.8, 4) is 0 Å². The molecule has 7 heteroatoms. The number of carboxylic acid groups (broad SMARTS) is 1. The summed E-state index contributed by atoms with van der Waals surface area (Å²) in [7, 11) is 1.44. The Balaban J connectivity index is 2.66. The van der Waals surface area contributed by atoms with Gasteiger partial charge in [0.15, 0.2) is 0 Å². The largest absolute Gasteiger partial charge is 0.480 e. The van der Waals surface area contributed by atoms with E-state index in [1.165, 1.54) is 32.2 Å². The molecule has 0 saturated heterocycles. The molecule has 3 N–H and O–H groups in total. The number of ether oxygens (including phenoxy) is 1. The molecule has 0 saturated carbocycles. The molecule has 1 aromatic carbocycles. The standard InChI is InChI=1S/C13H17FN2O4/c1-8-9(14)4-3-5-10(8)15-13(19)16-11(12(17)18)6-7-20-2/h3-5,11H,6-7H2,1-2H3,(H,17,18)(H2,15,16,19). The van der Waals surface area contributed by atoms with E-state index in [4.69, 9.17) is 9.84 Å². The van der Waals surface area contributed by atoms with E-state index in [0.29, 0.717) is 5.69 Å². The number of aliphatic carboxylic acids is 1. The van der Waals surface area contributed by atoms with Crippen molar-refractivity contribution in [2.24, 2.45) is 0 Å². The summed E-state index contributed by atoms with van der Waals surface area (Å²) in [6, 6.07) is 2.49. The van der Waals surface area contributed by atoms with Gasteiger partial charge in [0.2, 0.25) is 0 Å².